The van der Waals surface area contributed by atoms with Crippen molar-refractivity contribution in [3.05, 3.63) is 47.2 Å². The highest BCUT2D eigenvalue weighted by atomic mass is 35.5. The van der Waals surface area contributed by atoms with Crippen LogP contribution >= 0.6 is 23.4 Å². The molecule has 3 rings (SSSR count). The number of aryl methyl sites for hydroxylation is 1. The summed E-state index contributed by atoms with van der Waals surface area (Å²) in [7, 11) is 1.84. The molecule has 0 saturated carbocycles. The van der Waals surface area contributed by atoms with Crippen LogP contribution in [0.1, 0.15) is 12.2 Å². The third-order valence-electron chi connectivity index (χ3n) is 3.41. The fourth-order valence-electron chi connectivity index (χ4n) is 2.19. The van der Waals surface area contributed by atoms with Crippen LogP contribution in [0.3, 0.4) is 0 Å². The van der Waals surface area contributed by atoms with Crippen molar-refractivity contribution < 1.29 is 4.42 Å². The van der Waals surface area contributed by atoms with Crippen LogP contribution in [0, 0.1) is 0 Å². The van der Waals surface area contributed by atoms with E-state index >= 15 is 0 Å². The Balaban J connectivity index is 1.40. The number of furan rings is 1. The molecule has 0 bridgehead atoms. The van der Waals surface area contributed by atoms with Crippen molar-refractivity contribution in [2.45, 2.75) is 18.1 Å². The molecule has 8 heteroatoms. The summed E-state index contributed by atoms with van der Waals surface area (Å²) in [5.41, 5.74) is 0.916. The molecular formula is C16H18ClN5OS. The van der Waals surface area contributed by atoms with Crippen molar-refractivity contribution in [2.24, 2.45) is 7.05 Å². The number of aromatic nitrogens is 4. The topological polar surface area (TPSA) is 68.8 Å². The van der Waals surface area contributed by atoms with Gasteiger partial charge in [-0.05, 0) is 47.7 Å². The van der Waals surface area contributed by atoms with Gasteiger partial charge >= 0.3 is 0 Å². The van der Waals surface area contributed by atoms with Gasteiger partial charge < -0.3 is 9.73 Å². The van der Waals surface area contributed by atoms with Gasteiger partial charge in [0.15, 0.2) is 0 Å². The van der Waals surface area contributed by atoms with Crippen molar-refractivity contribution >= 4 is 23.4 Å². The molecular weight excluding hydrogens is 346 g/mol. The number of thioether (sulfide) groups is 1. The van der Waals surface area contributed by atoms with E-state index in [1.54, 1.807) is 16.4 Å². The molecule has 3 aromatic rings. The molecule has 24 heavy (non-hydrogen) atoms. The molecule has 2 heterocycles. The van der Waals surface area contributed by atoms with Crippen molar-refractivity contribution in [1.82, 2.24) is 25.5 Å². The Morgan fingerprint density at radius 1 is 1.25 bits per heavy atom. The number of rotatable bonds is 8. The molecule has 126 valence electrons. The lowest BCUT2D eigenvalue weighted by Crippen LogP contribution is -2.14. The van der Waals surface area contributed by atoms with Crippen LogP contribution in [0.25, 0.3) is 11.3 Å². The van der Waals surface area contributed by atoms with Crippen LogP contribution in [0.5, 0.6) is 0 Å². The van der Waals surface area contributed by atoms with E-state index in [2.05, 4.69) is 20.8 Å². The fourth-order valence-corrected chi connectivity index (χ4v) is 3.21. The standard InChI is InChI=1S/C16H18ClN5OS/c1-22-16(19-20-21-22)24-10-4-9-18-11-12-7-8-15(23-12)13-5-2-3-6-14(13)17/h2-3,5-8,18H,4,9-11H2,1H3. The van der Waals surface area contributed by atoms with Crippen molar-refractivity contribution in [1.29, 1.82) is 0 Å². The number of nitrogens with one attached hydrogen (secondary N) is 1. The van der Waals surface area contributed by atoms with E-state index in [-0.39, 0.29) is 0 Å². The second-order valence-electron chi connectivity index (χ2n) is 5.21. The van der Waals surface area contributed by atoms with Crippen LogP contribution in [-0.2, 0) is 13.6 Å². The van der Waals surface area contributed by atoms with E-state index in [1.807, 2.05) is 43.4 Å². The number of benzene rings is 1. The Hall–Kier alpha value is -1.83. The summed E-state index contributed by atoms with van der Waals surface area (Å²) >= 11 is 7.84. The average molecular weight is 364 g/mol. The lowest BCUT2D eigenvalue weighted by molar-refractivity contribution is 0.494. The molecule has 0 atom stereocenters. The fraction of sp³-hybridized carbons (Fsp3) is 0.312. The normalized spacial score (nSPS) is 11.1. The Bertz CT molecular complexity index is 788. The third-order valence-corrected chi connectivity index (χ3v) is 4.84. The van der Waals surface area contributed by atoms with Gasteiger partial charge in [-0.2, -0.15) is 0 Å². The van der Waals surface area contributed by atoms with Crippen LogP contribution in [0.2, 0.25) is 5.02 Å². The van der Waals surface area contributed by atoms with Crippen LogP contribution in [-0.4, -0.2) is 32.5 Å². The number of tetrazole rings is 1. The first-order valence-corrected chi connectivity index (χ1v) is 9.00. The summed E-state index contributed by atoms with van der Waals surface area (Å²) in [6, 6.07) is 11.6. The summed E-state index contributed by atoms with van der Waals surface area (Å²) in [5, 5.41) is 16.3. The second-order valence-corrected chi connectivity index (χ2v) is 6.68. The van der Waals surface area contributed by atoms with Gasteiger partial charge in [0.05, 0.1) is 11.6 Å². The predicted octanol–water partition coefficient (Wildman–Crippen LogP) is 3.40. The average Bonchev–Trinajstić information content (AvgIpc) is 3.20. The third kappa shape index (κ3) is 4.37. The van der Waals surface area contributed by atoms with Crippen molar-refractivity contribution in [2.75, 3.05) is 12.3 Å². The number of hydrogen-bond donors (Lipinski definition) is 1. The van der Waals surface area contributed by atoms with E-state index in [0.717, 1.165) is 41.0 Å². The Labute approximate surface area is 149 Å². The van der Waals surface area contributed by atoms with Crippen LogP contribution in [0.15, 0.2) is 46.0 Å². The minimum absolute atomic E-state index is 0.695. The first kappa shape index (κ1) is 17.0. The SMILES string of the molecule is Cn1nnnc1SCCCNCc1ccc(-c2ccccc2Cl)o1. The Morgan fingerprint density at radius 3 is 2.92 bits per heavy atom. The molecule has 2 aromatic heterocycles. The maximum atomic E-state index is 6.19. The summed E-state index contributed by atoms with van der Waals surface area (Å²) in [4.78, 5) is 0. The van der Waals surface area contributed by atoms with Gasteiger partial charge in [0.2, 0.25) is 5.16 Å². The zero-order valence-corrected chi connectivity index (χ0v) is 14.8. The molecule has 1 N–H and O–H groups in total. The Morgan fingerprint density at radius 2 is 2.12 bits per heavy atom. The summed E-state index contributed by atoms with van der Waals surface area (Å²) in [6.45, 7) is 1.60. The summed E-state index contributed by atoms with van der Waals surface area (Å²) in [5.74, 6) is 2.65. The van der Waals surface area contributed by atoms with E-state index in [4.69, 9.17) is 16.0 Å². The molecule has 0 fully saturated rings. The second kappa shape index (κ2) is 8.32. The van der Waals surface area contributed by atoms with Gasteiger partial charge in [0.1, 0.15) is 11.5 Å². The van der Waals surface area contributed by atoms with E-state index in [1.165, 1.54) is 0 Å². The van der Waals surface area contributed by atoms with Gasteiger partial charge in [-0.25, -0.2) is 4.68 Å². The van der Waals surface area contributed by atoms with Gasteiger partial charge in [0.25, 0.3) is 0 Å². The van der Waals surface area contributed by atoms with Crippen LogP contribution < -0.4 is 5.32 Å². The monoisotopic (exact) mass is 363 g/mol. The first-order chi connectivity index (χ1) is 11.7. The molecule has 0 saturated heterocycles. The molecule has 0 unspecified atom stereocenters. The largest absolute Gasteiger partial charge is 0.460 e. The quantitative estimate of drug-likeness (QED) is 0.488. The van der Waals surface area contributed by atoms with Gasteiger partial charge in [0, 0.05) is 18.4 Å². The molecule has 0 amide bonds. The highest BCUT2D eigenvalue weighted by Gasteiger charge is 2.08. The van der Waals surface area contributed by atoms with E-state index < -0.39 is 0 Å². The first-order valence-electron chi connectivity index (χ1n) is 7.63. The van der Waals surface area contributed by atoms with Crippen molar-refractivity contribution in [3.63, 3.8) is 0 Å². The molecule has 0 aliphatic rings. The molecule has 0 radical (unpaired) electrons. The smallest absolute Gasteiger partial charge is 0.209 e. The highest BCUT2D eigenvalue weighted by Crippen LogP contribution is 2.28. The molecule has 0 spiro atoms. The maximum Gasteiger partial charge on any atom is 0.209 e. The molecule has 6 nitrogen and oxygen atoms in total. The van der Waals surface area contributed by atoms with Gasteiger partial charge in [-0.15, -0.1) is 5.10 Å². The van der Waals surface area contributed by atoms with Gasteiger partial charge in [-0.3, -0.25) is 0 Å². The van der Waals surface area contributed by atoms with Crippen molar-refractivity contribution in [3.8, 4) is 11.3 Å². The van der Waals surface area contributed by atoms with E-state index in [9.17, 15) is 0 Å². The zero-order valence-electron chi connectivity index (χ0n) is 13.3. The van der Waals surface area contributed by atoms with E-state index in [0.29, 0.717) is 11.6 Å². The van der Waals surface area contributed by atoms with Gasteiger partial charge in [-0.1, -0.05) is 35.5 Å². The Kier molecular flexibility index (Phi) is 5.90. The minimum atomic E-state index is 0.695. The molecule has 1 aromatic carbocycles. The number of hydrogen-bond acceptors (Lipinski definition) is 6. The summed E-state index contributed by atoms with van der Waals surface area (Å²) in [6.07, 6.45) is 1.02. The number of nitrogens with zero attached hydrogens (tertiary/aromatic N) is 4. The minimum Gasteiger partial charge on any atom is -0.460 e. The highest BCUT2D eigenvalue weighted by molar-refractivity contribution is 7.99. The molecule has 0 aliphatic heterocycles. The maximum absolute atomic E-state index is 6.19. The number of halogens is 1. The lowest BCUT2D eigenvalue weighted by atomic mass is 10.2. The van der Waals surface area contributed by atoms with Crippen LogP contribution in [0.4, 0.5) is 0 Å². The predicted molar refractivity (Wildman–Crippen MR) is 95.0 cm³/mol. The molecule has 0 aliphatic carbocycles. The zero-order chi connectivity index (χ0) is 16.8. The summed E-state index contributed by atoms with van der Waals surface area (Å²) < 4.78 is 7.53. The lowest BCUT2D eigenvalue weighted by Gasteiger charge is -2.03.